The number of nitrogens with one attached hydrogen (secondary N) is 2. The van der Waals surface area contributed by atoms with Crippen molar-refractivity contribution in [1.82, 2.24) is 15.5 Å². The van der Waals surface area contributed by atoms with Gasteiger partial charge in [0.05, 0.1) is 5.92 Å². The largest absolute Gasteiger partial charge is 0.352 e. The van der Waals surface area contributed by atoms with E-state index in [4.69, 9.17) is 0 Å². The molecule has 0 bridgehead atoms. The molecule has 2 N–H and O–H groups in total. The normalized spacial score (nSPS) is 30.9. The zero-order chi connectivity index (χ0) is 13.1. The molecular formula is C13H24ClN3O2. The standard InChI is InChI=1S/C13H23N3O2.ClH/c1-3-16-8-10(7-12(16)17)13(18)15-11-5-4-6-14-9(11)2;/h9-11,14H,3-8H2,1-2H3,(H,15,18);1H. The highest BCUT2D eigenvalue weighted by atomic mass is 35.5. The fourth-order valence-corrected chi connectivity index (χ4v) is 2.80. The highest BCUT2D eigenvalue weighted by Crippen LogP contribution is 2.18. The lowest BCUT2D eigenvalue weighted by Gasteiger charge is -2.31. The average Bonchev–Trinajstić information content (AvgIpc) is 2.73. The zero-order valence-corrected chi connectivity index (χ0v) is 12.5. The summed E-state index contributed by atoms with van der Waals surface area (Å²) in [6.45, 7) is 6.35. The van der Waals surface area contributed by atoms with Crippen molar-refractivity contribution in [2.45, 2.75) is 45.2 Å². The molecule has 0 aromatic carbocycles. The van der Waals surface area contributed by atoms with Crippen LogP contribution in [0.3, 0.4) is 0 Å². The van der Waals surface area contributed by atoms with E-state index in [0.717, 1.165) is 19.4 Å². The molecule has 2 rings (SSSR count). The van der Waals surface area contributed by atoms with Crippen LogP contribution < -0.4 is 10.6 Å². The van der Waals surface area contributed by atoms with Crippen molar-refractivity contribution in [2.24, 2.45) is 5.92 Å². The Morgan fingerprint density at radius 2 is 2.26 bits per heavy atom. The van der Waals surface area contributed by atoms with Gasteiger partial charge in [0.25, 0.3) is 0 Å². The van der Waals surface area contributed by atoms with Crippen LogP contribution in [0.15, 0.2) is 0 Å². The van der Waals surface area contributed by atoms with E-state index >= 15 is 0 Å². The van der Waals surface area contributed by atoms with Crippen LogP contribution >= 0.6 is 12.4 Å². The predicted molar refractivity (Wildman–Crippen MR) is 76.2 cm³/mol. The Kier molecular flexibility index (Phi) is 6.07. The van der Waals surface area contributed by atoms with E-state index in [1.165, 1.54) is 0 Å². The maximum Gasteiger partial charge on any atom is 0.225 e. The number of hydrogen-bond donors (Lipinski definition) is 2. The van der Waals surface area contributed by atoms with Gasteiger partial charge in [0.2, 0.25) is 11.8 Å². The minimum absolute atomic E-state index is 0. The van der Waals surface area contributed by atoms with Gasteiger partial charge in [0.1, 0.15) is 0 Å². The van der Waals surface area contributed by atoms with Crippen LogP contribution in [-0.4, -0.2) is 48.4 Å². The predicted octanol–water partition coefficient (Wildman–Crippen LogP) is 0.533. The topological polar surface area (TPSA) is 61.4 Å². The van der Waals surface area contributed by atoms with Gasteiger partial charge in [-0.1, -0.05) is 0 Å². The van der Waals surface area contributed by atoms with Gasteiger partial charge in [-0.05, 0) is 33.2 Å². The summed E-state index contributed by atoms with van der Waals surface area (Å²) in [5.41, 5.74) is 0. The maximum atomic E-state index is 12.1. The molecule has 3 atom stereocenters. The summed E-state index contributed by atoms with van der Waals surface area (Å²) < 4.78 is 0. The average molecular weight is 290 g/mol. The minimum Gasteiger partial charge on any atom is -0.352 e. The lowest BCUT2D eigenvalue weighted by Crippen LogP contribution is -2.53. The number of rotatable bonds is 3. The monoisotopic (exact) mass is 289 g/mol. The Hall–Kier alpha value is -0.810. The number of piperidine rings is 1. The molecule has 5 nitrogen and oxygen atoms in total. The quantitative estimate of drug-likeness (QED) is 0.797. The molecule has 3 unspecified atom stereocenters. The minimum atomic E-state index is -0.161. The number of carbonyl (C=O) groups excluding carboxylic acids is 2. The highest BCUT2D eigenvalue weighted by molar-refractivity contribution is 5.89. The molecule has 0 saturated carbocycles. The Balaban J connectivity index is 0.00000180. The molecule has 0 spiro atoms. The Morgan fingerprint density at radius 3 is 2.84 bits per heavy atom. The summed E-state index contributed by atoms with van der Waals surface area (Å²) in [6.07, 6.45) is 2.49. The first-order valence-corrected chi connectivity index (χ1v) is 6.93. The Morgan fingerprint density at radius 1 is 1.53 bits per heavy atom. The van der Waals surface area contributed by atoms with Crippen LogP contribution in [-0.2, 0) is 9.59 Å². The molecule has 2 heterocycles. The highest BCUT2D eigenvalue weighted by Gasteiger charge is 2.34. The first-order valence-electron chi connectivity index (χ1n) is 6.93. The van der Waals surface area contributed by atoms with Gasteiger partial charge in [-0.3, -0.25) is 9.59 Å². The third kappa shape index (κ3) is 3.83. The molecule has 6 heteroatoms. The first-order chi connectivity index (χ1) is 8.61. The van der Waals surface area contributed by atoms with Crippen LogP contribution in [0.4, 0.5) is 0 Å². The molecule has 0 aromatic rings. The van der Waals surface area contributed by atoms with E-state index in [1.807, 2.05) is 6.92 Å². The summed E-state index contributed by atoms with van der Waals surface area (Å²) >= 11 is 0. The molecule has 2 amide bonds. The van der Waals surface area contributed by atoms with Crippen LogP contribution in [0.5, 0.6) is 0 Å². The number of carbonyl (C=O) groups is 2. The van der Waals surface area contributed by atoms with Crippen LogP contribution in [0.25, 0.3) is 0 Å². The van der Waals surface area contributed by atoms with E-state index in [2.05, 4.69) is 17.6 Å². The van der Waals surface area contributed by atoms with Gasteiger partial charge < -0.3 is 15.5 Å². The summed E-state index contributed by atoms with van der Waals surface area (Å²) in [5.74, 6) is -0.0149. The molecule has 2 saturated heterocycles. The van der Waals surface area contributed by atoms with Crippen LogP contribution in [0, 0.1) is 5.92 Å². The summed E-state index contributed by atoms with van der Waals surface area (Å²) in [6, 6.07) is 0.527. The smallest absolute Gasteiger partial charge is 0.225 e. The van der Waals surface area contributed by atoms with Gasteiger partial charge in [-0.25, -0.2) is 0 Å². The van der Waals surface area contributed by atoms with Crippen molar-refractivity contribution in [3.8, 4) is 0 Å². The van der Waals surface area contributed by atoms with Gasteiger partial charge in [-0.2, -0.15) is 0 Å². The van der Waals surface area contributed by atoms with Crippen molar-refractivity contribution in [3.63, 3.8) is 0 Å². The second-order valence-electron chi connectivity index (χ2n) is 5.33. The number of halogens is 1. The zero-order valence-electron chi connectivity index (χ0n) is 11.6. The van der Waals surface area contributed by atoms with Crippen molar-refractivity contribution in [1.29, 1.82) is 0 Å². The second-order valence-corrected chi connectivity index (χ2v) is 5.33. The summed E-state index contributed by atoms with van der Waals surface area (Å²) in [4.78, 5) is 25.5. The Bertz CT molecular complexity index is 338. The van der Waals surface area contributed by atoms with E-state index in [-0.39, 0.29) is 36.2 Å². The first kappa shape index (κ1) is 16.2. The van der Waals surface area contributed by atoms with Gasteiger partial charge in [-0.15, -0.1) is 12.4 Å². The molecule has 2 aliphatic rings. The maximum absolute atomic E-state index is 12.1. The number of hydrogen-bond acceptors (Lipinski definition) is 3. The van der Waals surface area contributed by atoms with Crippen molar-refractivity contribution in [3.05, 3.63) is 0 Å². The molecule has 0 aromatic heterocycles. The van der Waals surface area contributed by atoms with E-state index in [9.17, 15) is 9.59 Å². The molecule has 0 radical (unpaired) electrons. The van der Waals surface area contributed by atoms with Gasteiger partial charge in [0, 0.05) is 31.6 Å². The molecule has 2 aliphatic heterocycles. The van der Waals surface area contributed by atoms with Crippen molar-refractivity contribution in [2.75, 3.05) is 19.6 Å². The van der Waals surface area contributed by atoms with Gasteiger partial charge in [0.15, 0.2) is 0 Å². The lowest BCUT2D eigenvalue weighted by molar-refractivity contribution is -0.129. The molecule has 110 valence electrons. The molecule has 0 aliphatic carbocycles. The third-order valence-electron chi connectivity index (χ3n) is 4.06. The van der Waals surface area contributed by atoms with Crippen molar-refractivity contribution < 1.29 is 9.59 Å². The lowest BCUT2D eigenvalue weighted by atomic mass is 9.98. The SMILES string of the molecule is CCN1CC(C(=O)NC2CCCNC2C)CC1=O.Cl. The number of likely N-dealkylation sites (tertiary alicyclic amines) is 1. The number of amides is 2. The van der Waals surface area contributed by atoms with E-state index in [1.54, 1.807) is 4.90 Å². The molecule has 2 fully saturated rings. The summed E-state index contributed by atoms with van der Waals surface area (Å²) in [7, 11) is 0. The fourth-order valence-electron chi connectivity index (χ4n) is 2.80. The van der Waals surface area contributed by atoms with Crippen LogP contribution in [0.2, 0.25) is 0 Å². The van der Waals surface area contributed by atoms with Crippen LogP contribution in [0.1, 0.15) is 33.1 Å². The molecule has 19 heavy (non-hydrogen) atoms. The third-order valence-corrected chi connectivity index (χ3v) is 4.06. The van der Waals surface area contributed by atoms with E-state index < -0.39 is 0 Å². The molecular weight excluding hydrogens is 266 g/mol. The van der Waals surface area contributed by atoms with Crippen molar-refractivity contribution >= 4 is 24.2 Å². The Labute approximate surface area is 120 Å². The number of nitrogens with zero attached hydrogens (tertiary/aromatic N) is 1. The second kappa shape index (κ2) is 7.10. The fraction of sp³-hybridized carbons (Fsp3) is 0.846. The van der Waals surface area contributed by atoms with E-state index in [0.29, 0.717) is 25.6 Å². The van der Waals surface area contributed by atoms with Gasteiger partial charge >= 0.3 is 0 Å². The summed E-state index contributed by atoms with van der Waals surface area (Å²) in [5, 5.41) is 6.46.